The molecule has 102 valence electrons. The van der Waals surface area contributed by atoms with Crippen LogP contribution in [0.15, 0.2) is 4.99 Å². The average molecular weight is 274 g/mol. The highest BCUT2D eigenvalue weighted by atomic mass is 32.2. The van der Waals surface area contributed by atoms with Gasteiger partial charge in [-0.3, -0.25) is 15.5 Å². The van der Waals surface area contributed by atoms with Crippen LogP contribution in [0.3, 0.4) is 0 Å². The molecule has 0 atom stereocenters. The van der Waals surface area contributed by atoms with Crippen LogP contribution in [0.2, 0.25) is 0 Å². The first-order valence-electron chi connectivity index (χ1n) is 5.34. The number of imide groups is 1. The van der Waals surface area contributed by atoms with Gasteiger partial charge in [-0.1, -0.05) is 25.1 Å². The van der Waals surface area contributed by atoms with Crippen molar-refractivity contribution in [2.45, 2.75) is 19.8 Å². The number of aliphatic imine (C=N–C) groups is 1. The molecule has 0 aromatic carbocycles. The first kappa shape index (κ1) is 16.2. The van der Waals surface area contributed by atoms with Gasteiger partial charge in [-0.15, -0.1) is 0 Å². The van der Waals surface area contributed by atoms with Crippen molar-refractivity contribution >= 4 is 34.8 Å². The van der Waals surface area contributed by atoms with Gasteiger partial charge in [-0.05, 0) is 6.42 Å². The van der Waals surface area contributed by atoms with E-state index in [2.05, 4.69) is 15.6 Å². The summed E-state index contributed by atoms with van der Waals surface area (Å²) in [5, 5.41) is 11.7. The molecule has 0 rings (SSSR count). The molecule has 0 fully saturated rings. The Morgan fingerprint density at radius 1 is 1.39 bits per heavy atom. The van der Waals surface area contributed by atoms with Crippen LogP contribution >= 0.6 is 11.8 Å². The van der Waals surface area contributed by atoms with Gasteiger partial charge < -0.3 is 16.8 Å². The molecule has 0 unspecified atom stereocenters. The zero-order valence-corrected chi connectivity index (χ0v) is 11.0. The molecule has 9 heteroatoms. The van der Waals surface area contributed by atoms with Crippen molar-refractivity contribution in [3.63, 3.8) is 0 Å². The third-order valence-electron chi connectivity index (χ3n) is 1.64. The van der Waals surface area contributed by atoms with Crippen molar-refractivity contribution < 1.29 is 9.59 Å². The van der Waals surface area contributed by atoms with Gasteiger partial charge in [0.25, 0.3) is 0 Å². The second-order valence-electron chi connectivity index (χ2n) is 3.29. The topological polar surface area (TPSA) is 146 Å². The van der Waals surface area contributed by atoms with Crippen LogP contribution in [0.5, 0.6) is 0 Å². The minimum absolute atomic E-state index is 0.100. The molecule has 0 spiro atoms. The zero-order valence-electron chi connectivity index (χ0n) is 10.2. The monoisotopic (exact) mass is 274 g/mol. The molecule has 0 aliphatic carbocycles. The number of carbonyl (C=O) groups is 2. The quantitative estimate of drug-likeness (QED) is 0.262. The normalized spacial score (nSPS) is 9.39. The van der Waals surface area contributed by atoms with Gasteiger partial charge in [0.05, 0.1) is 5.75 Å². The summed E-state index contributed by atoms with van der Waals surface area (Å²) in [6.45, 7) is 2.52. The van der Waals surface area contributed by atoms with Gasteiger partial charge in [-0.2, -0.15) is 4.99 Å². The van der Waals surface area contributed by atoms with E-state index >= 15 is 0 Å². The molecule has 18 heavy (non-hydrogen) atoms. The molecule has 0 bridgehead atoms. The molecule has 0 heterocycles. The first-order valence-corrected chi connectivity index (χ1v) is 6.33. The number of nitrogens with zero attached hydrogens (tertiary/aromatic N) is 1. The maximum atomic E-state index is 11.3. The Bertz CT molecular complexity index is 340. The van der Waals surface area contributed by atoms with Crippen molar-refractivity contribution in [3.8, 4) is 0 Å². The molecule has 0 aromatic rings. The third kappa shape index (κ3) is 9.46. The Morgan fingerprint density at radius 3 is 2.61 bits per heavy atom. The highest BCUT2D eigenvalue weighted by molar-refractivity contribution is 8.14. The fourth-order valence-electron chi connectivity index (χ4n) is 0.869. The van der Waals surface area contributed by atoms with Gasteiger partial charge in [0.2, 0.25) is 5.91 Å². The molecular weight excluding hydrogens is 256 g/mol. The largest absolute Gasteiger partial charge is 0.370 e. The summed E-state index contributed by atoms with van der Waals surface area (Å²) in [6.07, 6.45) is 1.81. The lowest BCUT2D eigenvalue weighted by molar-refractivity contribution is -0.117. The molecule has 0 aliphatic heterocycles. The lowest BCUT2D eigenvalue weighted by Gasteiger charge is -2.05. The summed E-state index contributed by atoms with van der Waals surface area (Å²) in [6, 6.07) is -0.539. The van der Waals surface area contributed by atoms with E-state index in [0.29, 0.717) is 6.54 Å². The van der Waals surface area contributed by atoms with Crippen LogP contribution in [-0.2, 0) is 4.79 Å². The van der Waals surface area contributed by atoms with E-state index in [4.69, 9.17) is 16.9 Å². The Labute approximate surface area is 109 Å². The predicted octanol–water partition coefficient (Wildman–Crippen LogP) is -0.446. The Kier molecular flexibility index (Phi) is 8.37. The number of amides is 3. The van der Waals surface area contributed by atoms with Crippen LogP contribution in [0, 0.1) is 5.41 Å². The highest BCUT2D eigenvalue weighted by Gasteiger charge is 2.08. The molecule has 3 amide bonds. The number of amidine groups is 1. The lowest BCUT2D eigenvalue weighted by Crippen LogP contribution is -2.40. The van der Waals surface area contributed by atoms with Crippen LogP contribution in [0.4, 0.5) is 4.79 Å². The number of guanidine groups is 1. The third-order valence-corrected chi connectivity index (χ3v) is 2.41. The van der Waals surface area contributed by atoms with E-state index in [1.165, 1.54) is 0 Å². The van der Waals surface area contributed by atoms with Crippen molar-refractivity contribution in [3.05, 3.63) is 0 Å². The molecule has 0 saturated heterocycles. The Balaban J connectivity index is 3.80. The van der Waals surface area contributed by atoms with E-state index in [1.54, 1.807) is 0 Å². The van der Waals surface area contributed by atoms with Crippen molar-refractivity contribution in [1.29, 1.82) is 5.41 Å². The number of nitrogens with two attached hydrogens (primary N) is 2. The molecule has 0 aromatic heterocycles. The predicted molar refractivity (Wildman–Crippen MR) is 72.4 cm³/mol. The molecule has 0 saturated carbocycles. The standard InChI is InChI=1S/C9H18N6O2S/c1-2-3-4-13-9(17)14-6(16)5-18-8(12)15-7(10)11/h2-5H2,1H3,(H5,10,11,12,15)(H2,13,14,16,17). The van der Waals surface area contributed by atoms with Crippen LogP contribution in [0.1, 0.15) is 19.8 Å². The highest BCUT2D eigenvalue weighted by Crippen LogP contribution is 2.02. The van der Waals surface area contributed by atoms with Gasteiger partial charge in [-0.25, -0.2) is 4.79 Å². The minimum atomic E-state index is -0.539. The second-order valence-corrected chi connectivity index (χ2v) is 4.25. The second kappa shape index (κ2) is 9.28. The van der Waals surface area contributed by atoms with Crippen LogP contribution in [0.25, 0.3) is 0 Å². The number of hydrogen-bond donors (Lipinski definition) is 5. The molecule has 0 aliphatic rings. The number of hydrogen-bond acceptors (Lipinski definition) is 4. The SMILES string of the molecule is CCCCNC(=O)NC(=O)CSC(=N)N=C(N)N. The lowest BCUT2D eigenvalue weighted by atomic mass is 10.3. The number of rotatable bonds is 5. The van der Waals surface area contributed by atoms with Gasteiger partial charge in [0.1, 0.15) is 0 Å². The van der Waals surface area contributed by atoms with E-state index < -0.39 is 11.9 Å². The number of unbranched alkanes of at least 4 members (excludes halogenated alkanes) is 1. The minimum Gasteiger partial charge on any atom is -0.370 e. The van der Waals surface area contributed by atoms with E-state index in [0.717, 1.165) is 24.6 Å². The first-order chi connectivity index (χ1) is 8.45. The number of nitrogens with one attached hydrogen (secondary N) is 3. The number of urea groups is 1. The average Bonchev–Trinajstić information content (AvgIpc) is 2.26. The van der Waals surface area contributed by atoms with Crippen LogP contribution < -0.4 is 22.1 Å². The maximum Gasteiger partial charge on any atom is 0.321 e. The van der Waals surface area contributed by atoms with Gasteiger partial charge in [0, 0.05) is 6.54 Å². The van der Waals surface area contributed by atoms with Crippen molar-refractivity contribution in [2.24, 2.45) is 16.5 Å². The van der Waals surface area contributed by atoms with E-state index in [1.807, 2.05) is 6.92 Å². The van der Waals surface area contributed by atoms with Crippen LogP contribution in [-0.4, -0.2) is 35.4 Å². The smallest absolute Gasteiger partial charge is 0.321 e. The van der Waals surface area contributed by atoms with Crippen molar-refractivity contribution in [1.82, 2.24) is 10.6 Å². The maximum absolute atomic E-state index is 11.3. The fraction of sp³-hybridized carbons (Fsp3) is 0.556. The molecule has 8 nitrogen and oxygen atoms in total. The van der Waals surface area contributed by atoms with Gasteiger partial charge in [0.15, 0.2) is 11.1 Å². The molecular formula is C9H18N6O2S. The fourth-order valence-corrected chi connectivity index (χ4v) is 1.38. The summed E-state index contributed by atoms with van der Waals surface area (Å²) in [5.74, 6) is -0.855. The molecule has 0 radical (unpaired) electrons. The Hall–Kier alpha value is -1.77. The summed E-state index contributed by atoms with van der Waals surface area (Å²) in [7, 11) is 0. The number of carbonyl (C=O) groups excluding carboxylic acids is 2. The van der Waals surface area contributed by atoms with Crippen molar-refractivity contribution in [2.75, 3.05) is 12.3 Å². The summed E-state index contributed by atoms with van der Waals surface area (Å²) < 4.78 is 0. The van der Waals surface area contributed by atoms with Gasteiger partial charge >= 0.3 is 6.03 Å². The summed E-state index contributed by atoms with van der Waals surface area (Å²) >= 11 is 0.827. The Morgan fingerprint density at radius 2 is 2.06 bits per heavy atom. The summed E-state index contributed by atoms with van der Waals surface area (Å²) in [4.78, 5) is 25.9. The zero-order chi connectivity index (χ0) is 14.0. The molecule has 7 N–H and O–H groups in total. The van der Waals surface area contributed by atoms with E-state index in [-0.39, 0.29) is 16.9 Å². The summed E-state index contributed by atoms with van der Waals surface area (Å²) in [5.41, 5.74) is 10.1. The van der Waals surface area contributed by atoms with E-state index in [9.17, 15) is 9.59 Å². The number of thioether (sulfide) groups is 1.